The standard InChI is InChI=1S/C10H18N4/c1-8-7-12-9(2)10(13-8)11-5-6-14(3)4/h7H,5-6H2,1-4H3,(H,11,13). The summed E-state index contributed by atoms with van der Waals surface area (Å²) in [5, 5.41) is 3.27. The van der Waals surface area contributed by atoms with Gasteiger partial charge in [0.2, 0.25) is 0 Å². The van der Waals surface area contributed by atoms with Crippen molar-refractivity contribution in [3.8, 4) is 0 Å². The zero-order valence-electron chi connectivity index (χ0n) is 9.33. The Kier molecular flexibility index (Phi) is 3.83. The first kappa shape index (κ1) is 10.9. The van der Waals surface area contributed by atoms with Gasteiger partial charge in [0.05, 0.1) is 11.4 Å². The maximum absolute atomic E-state index is 4.38. The normalized spacial score (nSPS) is 10.6. The average molecular weight is 194 g/mol. The Morgan fingerprint density at radius 3 is 2.71 bits per heavy atom. The molecular weight excluding hydrogens is 176 g/mol. The first-order valence-corrected chi connectivity index (χ1v) is 4.78. The Balaban J connectivity index is 2.53. The van der Waals surface area contributed by atoms with Crippen LogP contribution in [0, 0.1) is 13.8 Å². The minimum absolute atomic E-state index is 0.895. The quantitative estimate of drug-likeness (QED) is 0.778. The molecule has 0 aromatic carbocycles. The van der Waals surface area contributed by atoms with Gasteiger partial charge in [0.15, 0.2) is 0 Å². The van der Waals surface area contributed by atoms with E-state index in [4.69, 9.17) is 0 Å². The van der Waals surface area contributed by atoms with E-state index < -0.39 is 0 Å². The minimum Gasteiger partial charge on any atom is -0.367 e. The van der Waals surface area contributed by atoms with Crippen LogP contribution in [0.4, 0.5) is 5.82 Å². The SMILES string of the molecule is Cc1cnc(C)c(NCCN(C)C)n1. The highest BCUT2D eigenvalue weighted by Crippen LogP contribution is 2.07. The maximum Gasteiger partial charge on any atom is 0.147 e. The molecule has 0 atom stereocenters. The third-order valence-electron chi connectivity index (χ3n) is 1.93. The van der Waals surface area contributed by atoms with E-state index >= 15 is 0 Å². The molecular formula is C10H18N4. The molecule has 1 heterocycles. The molecule has 0 unspecified atom stereocenters. The lowest BCUT2D eigenvalue weighted by atomic mass is 10.4. The summed E-state index contributed by atoms with van der Waals surface area (Å²) in [6, 6.07) is 0. The van der Waals surface area contributed by atoms with Crippen molar-refractivity contribution < 1.29 is 0 Å². The lowest BCUT2D eigenvalue weighted by Crippen LogP contribution is -2.21. The van der Waals surface area contributed by atoms with E-state index in [0.717, 1.165) is 30.3 Å². The maximum atomic E-state index is 4.38. The van der Waals surface area contributed by atoms with Crippen LogP contribution < -0.4 is 5.32 Å². The first-order valence-electron chi connectivity index (χ1n) is 4.78. The molecule has 0 aliphatic carbocycles. The van der Waals surface area contributed by atoms with E-state index in [2.05, 4.69) is 34.3 Å². The minimum atomic E-state index is 0.895. The van der Waals surface area contributed by atoms with E-state index in [0.29, 0.717) is 0 Å². The molecule has 1 aromatic heterocycles. The second-order valence-corrected chi connectivity index (χ2v) is 3.68. The second-order valence-electron chi connectivity index (χ2n) is 3.68. The predicted molar refractivity (Wildman–Crippen MR) is 58.5 cm³/mol. The van der Waals surface area contributed by atoms with Crippen LogP contribution in [-0.2, 0) is 0 Å². The summed E-state index contributed by atoms with van der Waals surface area (Å²) < 4.78 is 0. The number of hydrogen-bond acceptors (Lipinski definition) is 4. The van der Waals surface area contributed by atoms with E-state index in [-0.39, 0.29) is 0 Å². The van der Waals surface area contributed by atoms with Crippen molar-refractivity contribution in [3.63, 3.8) is 0 Å². The van der Waals surface area contributed by atoms with Crippen molar-refractivity contribution in [2.75, 3.05) is 32.5 Å². The van der Waals surface area contributed by atoms with Crippen LogP contribution in [0.2, 0.25) is 0 Å². The molecule has 4 heteroatoms. The van der Waals surface area contributed by atoms with Crippen LogP contribution in [0.25, 0.3) is 0 Å². The van der Waals surface area contributed by atoms with Crippen LogP contribution in [-0.4, -0.2) is 42.1 Å². The van der Waals surface area contributed by atoms with Gasteiger partial charge in [-0.1, -0.05) is 0 Å². The van der Waals surface area contributed by atoms with Gasteiger partial charge in [0, 0.05) is 19.3 Å². The molecule has 1 rings (SSSR count). The van der Waals surface area contributed by atoms with E-state index in [1.54, 1.807) is 6.20 Å². The van der Waals surface area contributed by atoms with Crippen molar-refractivity contribution in [1.82, 2.24) is 14.9 Å². The summed E-state index contributed by atoms with van der Waals surface area (Å²) in [6.45, 7) is 5.80. The summed E-state index contributed by atoms with van der Waals surface area (Å²) in [7, 11) is 4.10. The van der Waals surface area contributed by atoms with Gasteiger partial charge in [-0.3, -0.25) is 4.98 Å². The summed E-state index contributed by atoms with van der Waals surface area (Å²) in [4.78, 5) is 10.7. The summed E-state index contributed by atoms with van der Waals surface area (Å²) in [5.41, 5.74) is 1.90. The first-order chi connectivity index (χ1) is 6.59. The molecule has 0 fully saturated rings. The van der Waals surface area contributed by atoms with E-state index in [9.17, 15) is 0 Å². The average Bonchev–Trinajstić information content (AvgIpc) is 2.10. The highest BCUT2D eigenvalue weighted by atomic mass is 15.1. The third-order valence-corrected chi connectivity index (χ3v) is 1.93. The van der Waals surface area contributed by atoms with Gasteiger partial charge in [0.25, 0.3) is 0 Å². The number of rotatable bonds is 4. The van der Waals surface area contributed by atoms with Crippen LogP contribution in [0.15, 0.2) is 6.20 Å². The molecule has 0 spiro atoms. The van der Waals surface area contributed by atoms with Crippen molar-refractivity contribution in [3.05, 3.63) is 17.6 Å². The van der Waals surface area contributed by atoms with E-state index in [1.165, 1.54) is 0 Å². The van der Waals surface area contributed by atoms with Gasteiger partial charge >= 0.3 is 0 Å². The number of aromatic nitrogens is 2. The van der Waals surface area contributed by atoms with Gasteiger partial charge in [-0.25, -0.2) is 4.98 Å². The molecule has 1 N–H and O–H groups in total. The zero-order valence-corrected chi connectivity index (χ0v) is 9.33. The number of anilines is 1. The third kappa shape index (κ3) is 3.30. The predicted octanol–water partition coefficient (Wildman–Crippen LogP) is 1.07. The van der Waals surface area contributed by atoms with Crippen LogP contribution in [0.3, 0.4) is 0 Å². The number of nitrogens with zero attached hydrogens (tertiary/aromatic N) is 3. The molecule has 0 radical (unpaired) electrons. The molecule has 1 aromatic rings. The fraction of sp³-hybridized carbons (Fsp3) is 0.600. The molecule has 0 bridgehead atoms. The molecule has 0 amide bonds. The van der Waals surface area contributed by atoms with Crippen LogP contribution in [0.1, 0.15) is 11.4 Å². The number of nitrogens with one attached hydrogen (secondary N) is 1. The van der Waals surface area contributed by atoms with Crippen molar-refractivity contribution >= 4 is 5.82 Å². The fourth-order valence-electron chi connectivity index (χ4n) is 1.10. The Bertz CT molecular complexity index is 296. The van der Waals surface area contributed by atoms with Crippen molar-refractivity contribution in [1.29, 1.82) is 0 Å². The Hall–Kier alpha value is -1.16. The van der Waals surface area contributed by atoms with Crippen molar-refractivity contribution in [2.45, 2.75) is 13.8 Å². The molecule has 0 aliphatic rings. The molecule has 0 saturated heterocycles. The van der Waals surface area contributed by atoms with Crippen LogP contribution >= 0.6 is 0 Å². The van der Waals surface area contributed by atoms with Gasteiger partial charge < -0.3 is 10.2 Å². The van der Waals surface area contributed by atoms with Crippen molar-refractivity contribution in [2.24, 2.45) is 0 Å². The lowest BCUT2D eigenvalue weighted by molar-refractivity contribution is 0.425. The summed E-state index contributed by atoms with van der Waals surface area (Å²) in [6.07, 6.45) is 1.78. The van der Waals surface area contributed by atoms with E-state index in [1.807, 2.05) is 13.8 Å². The molecule has 78 valence electrons. The number of likely N-dealkylation sites (N-methyl/N-ethyl adjacent to an activating group) is 1. The topological polar surface area (TPSA) is 41.1 Å². The Morgan fingerprint density at radius 1 is 1.36 bits per heavy atom. The van der Waals surface area contributed by atoms with Gasteiger partial charge in [0.1, 0.15) is 5.82 Å². The highest BCUT2D eigenvalue weighted by molar-refractivity contribution is 5.39. The summed E-state index contributed by atoms with van der Waals surface area (Å²) >= 11 is 0. The van der Waals surface area contributed by atoms with Gasteiger partial charge in [-0.05, 0) is 27.9 Å². The second kappa shape index (κ2) is 4.91. The largest absolute Gasteiger partial charge is 0.367 e. The lowest BCUT2D eigenvalue weighted by Gasteiger charge is -2.12. The van der Waals surface area contributed by atoms with Crippen LogP contribution in [0.5, 0.6) is 0 Å². The fourth-order valence-corrected chi connectivity index (χ4v) is 1.10. The Morgan fingerprint density at radius 2 is 2.07 bits per heavy atom. The van der Waals surface area contributed by atoms with Gasteiger partial charge in [-0.15, -0.1) is 0 Å². The molecule has 14 heavy (non-hydrogen) atoms. The smallest absolute Gasteiger partial charge is 0.147 e. The number of hydrogen-bond donors (Lipinski definition) is 1. The highest BCUT2D eigenvalue weighted by Gasteiger charge is 2.00. The zero-order chi connectivity index (χ0) is 10.6. The Labute approximate surface area is 85.4 Å². The number of aryl methyl sites for hydroxylation is 2. The van der Waals surface area contributed by atoms with Gasteiger partial charge in [-0.2, -0.15) is 0 Å². The molecule has 0 saturated carbocycles. The molecule has 0 aliphatic heterocycles. The monoisotopic (exact) mass is 194 g/mol. The molecule has 4 nitrogen and oxygen atoms in total. The summed E-state index contributed by atoms with van der Waals surface area (Å²) in [5.74, 6) is 0.895.